The summed E-state index contributed by atoms with van der Waals surface area (Å²) in [6.45, 7) is 0.617. The van der Waals surface area contributed by atoms with Gasteiger partial charge in [-0.1, -0.05) is 17.7 Å². The highest BCUT2D eigenvalue weighted by Crippen LogP contribution is 2.36. The molecule has 0 amide bonds. The Kier molecular flexibility index (Phi) is 4.65. The van der Waals surface area contributed by atoms with E-state index in [0.29, 0.717) is 23.9 Å². The van der Waals surface area contributed by atoms with Crippen molar-refractivity contribution in [1.29, 1.82) is 0 Å². The topological polar surface area (TPSA) is 89.8 Å². The third-order valence-corrected chi connectivity index (χ3v) is 4.12. The second-order valence-corrected chi connectivity index (χ2v) is 5.77. The molecule has 2 unspecified atom stereocenters. The second kappa shape index (κ2) is 6.69. The summed E-state index contributed by atoms with van der Waals surface area (Å²) in [6, 6.07) is 3.51. The van der Waals surface area contributed by atoms with Crippen molar-refractivity contribution in [3.8, 4) is 0 Å². The van der Waals surface area contributed by atoms with Gasteiger partial charge in [-0.25, -0.2) is 4.98 Å². The quantitative estimate of drug-likeness (QED) is 0.479. The zero-order valence-electron chi connectivity index (χ0n) is 12.6. The first-order valence-corrected chi connectivity index (χ1v) is 7.62. The van der Waals surface area contributed by atoms with E-state index in [1.54, 1.807) is 24.3 Å². The molecule has 0 saturated carbocycles. The van der Waals surface area contributed by atoms with Crippen molar-refractivity contribution in [2.24, 2.45) is 0 Å². The van der Waals surface area contributed by atoms with Gasteiger partial charge in [-0.3, -0.25) is 10.1 Å². The van der Waals surface area contributed by atoms with Gasteiger partial charge in [0.1, 0.15) is 18.1 Å². The highest BCUT2D eigenvalue weighted by molar-refractivity contribution is 6.29. The lowest BCUT2D eigenvalue weighted by atomic mass is 10.2. The SMILES string of the molecule is COCN1C(NCc2ccc(Cl)nc2)=C([N+](=O)[O-])C2CCC1O2. The molecule has 1 aromatic rings. The van der Waals surface area contributed by atoms with Gasteiger partial charge in [0.2, 0.25) is 0 Å². The number of rotatable bonds is 6. The number of nitrogens with zero attached hydrogens (tertiary/aromatic N) is 3. The van der Waals surface area contributed by atoms with Crippen LogP contribution < -0.4 is 5.32 Å². The Labute approximate surface area is 138 Å². The molecule has 124 valence electrons. The van der Waals surface area contributed by atoms with Gasteiger partial charge in [-0.2, -0.15) is 0 Å². The molecule has 1 saturated heterocycles. The van der Waals surface area contributed by atoms with E-state index in [1.165, 1.54) is 0 Å². The molecular weight excluding hydrogens is 324 g/mol. The van der Waals surface area contributed by atoms with E-state index in [2.05, 4.69) is 10.3 Å². The third kappa shape index (κ3) is 3.24. The Morgan fingerprint density at radius 1 is 1.57 bits per heavy atom. The second-order valence-electron chi connectivity index (χ2n) is 5.38. The van der Waals surface area contributed by atoms with Crippen LogP contribution in [0.4, 0.5) is 0 Å². The maximum atomic E-state index is 11.5. The number of fused-ring (bicyclic) bond motifs is 2. The molecular formula is C14H17ClN4O4. The number of methoxy groups -OCH3 is 1. The molecule has 9 heteroatoms. The Balaban J connectivity index is 1.85. The summed E-state index contributed by atoms with van der Waals surface area (Å²) in [6.07, 6.45) is 2.33. The fourth-order valence-electron chi connectivity index (χ4n) is 2.87. The first-order chi connectivity index (χ1) is 11.1. The van der Waals surface area contributed by atoms with Crippen molar-refractivity contribution in [3.63, 3.8) is 0 Å². The van der Waals surface area contributed by atoms with Crippen LogP contribution in [0.25, 0.3) is 0 Å². The van der Waals surface area contributed by atoms with E-state index in [0.717, 1.165) is 12.0 Å². The average Bonchev–Trinajstić information content (AvgIpc) is 2.94. The van der Waals surface area contributed by atoms with Gasteiger partial charge >= 0.3 is 5.70 Å². The van der Waals surface area contributed by atoms with Gasteiger partial charge in [-0.15, -0.1) is 0 Å². The van der Waals surface area contributed by atoms with Crippen LogP contribution in [-0.4, -0.2) is 41.0 Å². The molecule has 1 N–H and O–H groups in total. The molecule has 0 aliphatic carbocycles. The smallest absolute Gasteiger partial charge is 0.314 e. The van der Waals surface area contributed by atoms with Crippen molar-refractivity contribution in [3.05, 3.63) is 50.7 Å². The van der Waals surface area contributed by atoms with Crippen LogP contribution >= 0.6 is 11.6 Å². The highest BCUT2D eigenvalue weighted by atomic mass is 35.5. The van der Waals surface area contributed by atoms with Crippen molar-refractivity contribution in [2.75, 3.05) is 13.8 Å². The molecule has 2 atom stereocenters. The average molecular weight is 341 g/mol. The number of pyridine rings is 1. The lowest BCUT2D eigenvalue weighted by Gasteiger charge is -2.35. The zero-order chi connectivity index (χ0) is 16.4. The van der Waals surface area contributed by atoms with Gasteiger partial charge in [0.05, 0.1) is 4.92 Å². The molecule has 3 heterocycles. The first-order valence-electron chi connectivity index (χ1n) is 7.24. The highest BCUT2D eigenvalue weighted by Gasteiger charge is 2.46. The number of ether oxygens (including phenoxy) is 2. The molecule has 8 nitrogen and oxygen atoms in total. The predicted molar refractivity (Wildman–Crippen MR) is 81.7 cm³/mol. The number of nitro groups is 1. The van der Waals surface area contributed by atoms with E-state index in [4.69, 9.17) is 21.1 Å². The van der Waals surface area contributed by atoms with Crippen molar-refractivity contribution in [1.82, 2.24) is 15.2 Å². The van der Waals surface area contributed by atoms with E-state index >= 15 is 0 Å². The zero-order valence-corrected chi connectivity index (χ0v) is 13.3. The molecule has 2 bridgehead atoms. The Morgan fingerprint density at radius 3 is 3.04 bits per heavy atom. The Hall–Kier alpha value is -1.90. The Bertz CT molecular complexity index is 622. The number of hydrogen-bond donors (Lipinski definition) is 1. The lowest BCUT2D eigenvalue weighted by molar-refractivity contribution is -0.443. The monoisotopic (exact) mass is 340 g/mol. The van der Waals surface area contributed by atoms with Crippen LogP contribution in [0.5, 0.6) is 0 Å². The predicted octanol–water partition coefficient (Wildman–Crippen LogP) is 1.70. The summed E-state index contributed by atoms with van der Waals surface area (Å²) in [7, 11) is 1.55. The minimum Gasteiger partial charge on any atom is -0.364 e. The number of hydrogen-bond acceptors (Lipinski definition) is 7. The summed E-state index contributed by atoms with van der Waals surface area (Å²) in [5, 5.41) is 15.0. The maximum Gasteiger partial charge on any atom is 0.314 e. The van der Waals surface area contributed by atoms with Crippen LogP contribution in [0, 0.1) is 10.1 Å². The molecule has 1 fully saturated rings. The Morgan fingerprint density at radius 2 is 2.39 bits per heavy atom. The van der Waals surface area contributed by atoms with Gasteiger partial charge < -0.3 is 19.7 Å². The number of nitrogens with one attached hydrogen (secondary N) is 1. The molecule has 2 aliphatic heterocycles. The summed E-state index contributed by atoms with van der Waals surface area (Å²) in [4.78, 5) is 16.9. The van der Waals surface area contributed by atoms with Crippen molar-refractivity contribution in [2.45, 2.75) is 31.7 Å². The van der Waals surface area contributed by atoms with Gasteiger partial charge in [-0.05, 0) is 24.5 Å². The fourth-order valence-corrected chi connectivity index (χ4v) is 2.99. The normalized spacial score (nSPS) is 23.3. The van der Waals surface area contributed by atoms with Gasteiger partial charge in [0, 0.05) is 19.9 Å². The van der Waals surface area contributed by atoms with Crippen molar-refractivity contribution < 1.29 is 14.4 Å². The maximum absolute atomic E-state index is 11.5. The number of halogens is 1. The molecule has 23 heavy (non-hydrogen) atoms. The van der Waals surface area contributed by atoms with Gasteiger partial charge in [0.15, 0.2) is 11.9 Å². The minimum atomic E-state index is -0.478. The lowest BCUT2D eigenvalue weighted by Crippen LogP contribution is -2.46. The van der Waals surface area contributed by atoms with E-state index in [1.807, 2.05) is 6.07 Å². The first kappa shape index (κ1) is 16.0. The van der Waals surface area contributed by atoms with E-state index < -0.39 is 6.10 Å². The van der Waals surface area contributed by atoms with E-state index in [9.17, 15) is 10.1 Å². The summed E-state index contributed by atoms with van der Waals surface area (Å²) in [5.74, 6) is 0.450. The summed E-state index contributed by atoms with van der Waals surface area (Å²) < 4.78 is 10.9. The largest absolute Gasteiger partial charge is 0.364 e. The summed E-state index contributed by atoms with van der Waals surface area (Å²) >= 11 is 5.76. The molecule has 1 aromatic heterocycles. The summed E-state index contributed by atoms with van der Waals surface area (Å²) in [5.41, 5.74) is 0.929. The van der Waals surface area contributed by atoms with Crippen LogP contribution in [0.1, 0.15) is 18.4 Å². The molecule has 0 spiro atoms. The van der Waals surface area contributed by atoms with Crippen LogP contribution in [0.15, 0.2) is 29.8 Å². The molecule has 0 radical (unpaired) electrons. The van der Waals surface area contributed by atoms with Crippen LogP contribution in [0.3, 0.4) is 0 Å². The van der Waals surface area contributed by atoms with Crippen LogP contribution in [-0.2, 0) is 16.0 Å². The van der Waals surface area contributed by atoms with Gasteiger partial charge in [0.25, 0.3) is 0 Å². The van der Waals surface area contributed by atoms with Crippen molar-refractivity contribution >= 4 is 11.6 Å². The molecule has 0 aromatic carbocycles. The molecule has 3 rings (SSSR count). The fraction of sp³-hybridized carbons (Fsp3) is 0.500. The minimum absolute atomic E-state index is 0.0534. The third-order valence-electron chi connectivity index (χ3n) is 3.89. The van der Waals surface area contributed by atoms with Crippen LogP contribution in [0.2, 0.25) is 5.15 Å². The van der Waals surface area contributed by atoms with E-state index in [-0.39, 0.29) is 23.6 Å². The number of aromatic nitrogens is 1. The molecule has 2 aliphatic rings. The standard InChI is InChI=1S/C14H17ClN4O4/c1-22-8-18-12-5-3-10(23-12)13(19(20)21)14(18)17-7-9-2-4-11(15)16-6-9/h2,4,6,10,12,17H,3,5,7-8H2,1H3.